The summed E-state index contributed by atoms with van der Waals surface area (Å²) >= 11 is 0. The van der Waals surface area contributed by atoms with E-state index in [-0.39, 0.29) is 5.69 Å². The Balaban J connectivity index is 3.68. The van der Waals surface area contributed by atoms with E-state index in [0.29, 0.717) is 0 Å². The summed E-state index contributed by atoms with van der Waals surface area (Å²) in [7, 11) is 0. The van der Waals surface area contributed by atoms with Crippen molar-refractivity contribution in [2.75, 3.05) is 5.73 Å². The zero-order valence-corrected chi connectivity index (χ0v) is 4.08. The maximum atomic E-state index is 7.40. The highest BCUT2D eigenvalue weighted by molar-refractivity contribution is 5.38. The molecular formula is C7H9N. The van der Waals surface area contributed by atoms with E-state index in [0.717, 1.165) is 0 Å². The van der Waals surface area contributed by atoms with Crippen molar-refractivity contribution >= 4 is 5.69 Å². The number of rotatable bonds is 0. The minimum absolute atomic E-state index is 0.335. The SMILES string of the molecule is [2H]c1c([2H])c(C([2H])([2H])[2H])c([2H])c([2H])c1[15NH2]. The molecule has 0 aliphatic carbocycles. The molecule has 0 spiro atoms. The minimum atomic E-state index is -2.67. The molecule has 0 amide bonds. The number of nitrogen functional groups attached to an aromatic ring is 1. The first-order chi connectivity index (χ1) is 6.68. The summed E-state index contributed by atoms with van der Waals surface area (Å²) in [5.41, 5.74) is 4.37. The second-order valence-electron chi connectivity index (χ2n) is 1.29. The van der Waals surface area contributed by atoms with Crippen LogP contribution in [-0.4, -0.2) is 0 Å². The molecule has 0 aliphatic rings. The number of hydrogen-bond acceptors (Lipinski definition) is 1. The summed E-state index contributed by atoms with van der Waals surface area (Å²) in [5, 5.41) is 0. The summed E-state index contributed by atoms with van der Waals surface area (Å²) in [6.45, 7) is -2.67. The fourth-order valence-electron chi connectivity index (χ4n) is 0.322. The predicted octanol–water partition coefficient (Wildman–Crippen LogP) is 1.58. The Morgan fingerprint density at radius 2 is 2.12 bits per heavy atom. The van der Waals surface area contributed by atoms with Crippen molar-refractivity contribution in [3.63, 3.8) is 0 Å². The fraction of sp³-hybridized carbons (Fsp3) is 0.143. The molecule has 1 heteroatoms. The maximum Gasteiger partial charge on any atom is 0.0645 e. The van der Waals surface area contributed by atoms with Crippen molar-refractivity contribution in [2.24, 2.45) is 0 Å². The van der Waals surface area contributed by atoms with Gasteiger partial charge in [-0.1, -0.05) is 17.6 Å². The molecular weight excluding hydrogens is 99.1 g/mol. The molecule has 0 heterocycles. The van der Waals surface area contributed by atoms with E-state index in [1.54, 1.807) is 0 Å². The molecule has 0 atom stereocenters. The van der Waals surface area contributed by atoms with Gasteiger partial charge in [-0.3, -0.25) is 0 Å². The van der Waals surface area contributed by atoms with E-state index in [1.807, 2.05) is 0 Å². The molecule has 1 aromatic carbocycles. The number of anilines is 1. The monoisotopic (exact) mass is 115 g/mol. The number of benzene rings is 1. The van der Waals surface area contributed by atoms with Crippen molar-refractivity contribution in [1.29, 1.82) is 0 Å². The van der Waals surface area contributed by atoms with Crippen molar-refractivity contribution < 1.29 is 9.60 Å². The highest BCUT2D eigenvalue weighted by Gasteiger charge is 1.80. The zero-order valence-electron chi connectivity index (χ0n) is 11.1. The van der Waals surface area contributed by atoms with Crippen molar-refractivity contribution in [3.8, 4) is 0 Å². The van der Waals surface area contributed by atoms with Gasteiger partial charge in [-0.25, -0.2) is 0 Å². The van der Waals surface area contributed by atoms with Crippen LogP contribution in [0.25, 0.3) is 0 Å². The lowest BCUT2D eigenvalue weighted by Crippen LogP contribution is -1.81. The Labute approximate surface area is 59.0 Å². The smallest absolute Gasteiger partial charge is 0.0645 e. The van der Waals surface area contributed by atoms with E-state index >= 15 is 0 Å². The Hall–Kier alpha value is -0.980. The Morgan fingerprint density at radius 1 is 1.50 bits per heavy atom. The molecule has 0 radical (unpaired) electrons. The molecule has 2 N–H and O–H groups in total. The predicted molar refractivity (Wildman–Crippen MR) is 35.6 cm³/mol. The highest BCUT2D eigenvalue weighted by Crippen LogP contribution is 2.02. The molecule has 8 heavy (non-hydrogen) atoms. The second-order valence-corrected chi connectivity index (χ2v) is 1.29. The summed E-state index contributed by atoms with van der Waals surface area (Å²) in [6.07, 6.45) is 0. The number of hydrogen-bond donors (Lipinski definition) is 1. The molecule has 1 nitrogen and oxygen atoms in total. The van der Waals surface area contributed by atoms with Crippen LogP contribution in [0.15, 0.2) is 24.2 Å². The van der Waals surface area contributed by atoms with Gasteiger partial charge < -0.3 is 5.73 Å². The van der Waals surface area contributed by atoms with Gasteiger partial charge in [-0.05, 0) is 18.9 Å². The van der Waals surface area contributed by atoms with Crippen molar-refractivity contribution in [1.82, 2.24) is 0 Å². The third-order valence-electron chi connectivity index (χ3n) is 0.644. The van der Waals surface area contributed by atoms with Crippen LogP contribution < -0.4 is 5.73 Å². The van der Waals surface area contributed by atoms with Gasteiger partial charge in [-0.2, -0.15) is 0 Å². The third kappa shape index (κ3) is 0.997. The van der Waals surface area contributed by atoms with Crippen LogP contribution in [0.1, 0.15) is 15.2 Å². The molecule has 0 aromatic heterocycles. The molecule has 0 unspecified atom stereocenters. The topological polar surface area (TPSA) is 26.0 Å². The molecule has 0 fully saturated rings. The Morgan fingerprint density at radius 3 is 2.62 bits per heavy atom. The third-order valence-corrected chi connectivity index (χ3v) is 0.644. The van der Waals surface area contributed by atoms with Crippen LogP contribution in [0, 0.1) is 6.85 Å². The van der Waals surface area contributed by atoms with E-state index in [1.165, 1.54) is 0 Å². The van der Waals surface area contributed by atoms with Gasteiger partial charge in [0.2, 0.25) is 0 Å². The van der Waals surface area contributed by atoms with Gasteiger partial charge in [0.1, 0.15) is 0 Å². The van der Waals surface area contributed by atoms with Gasteiger partial charge in [0, 0.05) is 9.80 Å². The van der Waals surface area contributed by atoms with E-state index in [4.69, 9.17) is 15.3 Å². The lowest BCUT2D eigenvalue weighted by atomic mass is 10.2. The van der Waals surface area contributed by atoms with E-state index in [2.05, 4.69) is 0 Å². The zero-order chi connectivity index (χ0) is 12.0. The van der Waals surface area contributed by atoms with Crippen LogP contribution in [-0.2, 0) is 0 Å². The largest absolute Gasteiger partial charge is 0.399 e. The molecule has 0 bridgehead atoms. The minimum Gasteiger partial charge on any atom is -0.399 e. The summed E-state index contributed by atoms with van der Waals surface area (Å²) in [4.78, 5) is 0. The fourth-order valence-corrected chi connectivity index (χ4v) is 0.322. The molecule has 1 rings (SSSR count). The first-order valence-electron chi connectivity index (χ1n) is 5.54. The standard InChI is InChI=1S/C7H9N/c1-6-2-4-7(8)5-3-6/h2-5H,8H2,1H3/i1D3,2D,3D,4D,5D,8+1. The van der Waals surface area contributed by atoms with Crippen LogP contribution in [0.5, 0.6) is 0 Å². The Bertz CT molecular complexity index is 380. The van der Waals surface area contributed by atoms with Gasteiger partial charge in [0.15, 0.2) is 0 Å². The highest BCUT2D eigenvalue weighted by atomic mass is 15.3. The Kier molecular flexibility index (Phi) is 0.302. The van der Waals surface area contributed by atoms with Crippen LogP contribution in [0.3, 0.4) is 0 Å². The van der Waals surface area contributed by atoms with Gasteiger partial charge in [0.05, 0.1) is 5.48 Å². The van der Waals surface area contributed by atoms with Crippen LogP contribution >= 0.6 is 0 Å². The molecule has 1 aromatic rings. The van der Waals surface area contributed by atoms with Gasteiger partial charge in [-0.15, -0.1) is 0 Å². The maximum absolute atomic E-state index is 7.40. The lowest BCUT2D eigenvalue weighted by molar-refractivity contribution is 1.47. The van der Waals surface area contributed by atoms with Gasteiger partial charge in [0.25, 0.3) is 0 Å². The van der Waals surface area contributed by atoms with Crippen molar-refractivity contribution in [2.45, 2.75) is 6.85 Å². The second kappa shape index (κ2) is 1.86. The first kappa shape index (κ1) is 1.29. The van der Waals surface area contributed by atoms with E-state index < -0.39 is 36.6 Å². The molecule has 42 valence electrons. The average molecular weight is 115 g/mol. The van der Waals surface area contributed by atoms with Crippen LogP contribution in [0.4, 0.5) is 5.69 Å². The van der Waals surface area contributed by atoms with Crippen LogP contribution in [0.2, 0.25) is 0 Å². The first-order valence-corrected chi connectivity index (χ1v) is 2.04. The summed E-state index contributed by atoms with van der Waals surface area (Å²) in [5.74, 6) is 0. The lowest BCUT2D eigenvalue weighted by Gasteiger charge is -1.90. The molecule has 0 saturated heterocycles. The van der Waals surface area contributed by atoms with E-state index in [9.17, 15) is 0 Å². The van der Waals surface area contributed by atoms with Crippen molar-refractivity contribution in [3.05, 3.63) is 29.7 Å². The van der Waals surface area contributed by atoms with Gasteiger partial charge >= 0.3 is 0 Å². The quantitative estimate of drug-likeness (QED) is 0.403. The normalized spacial score (nSPS) is 23.2. The summed E-state index contributed by atoms with van der Waals surface area (Å²) in [6, 6.07) is -2.23. The average Bonchev–Trinajstić information content (AvgIpc) is 2.09. The number of nitrogens with two attached hydrogens (primary N) is 1. The molecule has 0 saturated carbocycles. The summed E-state index contributed by atoms with van der Waals surface area (Å²) < 4.78 is 50.8. The molecule has 0 aliphatic heterocycles.